The highest BCUT2D eigenvalue weighted by molar-refractivity contribution is 6.40. The smallest absolute Gasteiger partial charge is 0.149 e. The summed E-state index contributed by atoms with van der Waals surface area (Å²) >= 11 is 18.1. The Labute approximate surface area is 109 Å². The second-order valence-electron chi connectivity index (χ2n) is 3.66. The van der Waals surface area contributed by atoms with E-state index in [2.05, 4.69) is 5.16 Å². The molecule has 0 radical (unpaired) electrons. The van der Waals surface area contributed by atoms with E-state index in [1.165, 1.54) is 0 Å². The van der Waals surface area contributed by atoms with Crippen LogP contribution in [0.1, 0.15) is 18.9 Å². The Morgan fingerprint density at radius 1 is 1.38 bits per heavy atom. The molecule has 5 heteroatoms. The van der Waals surface area contributed by atoms with Gasteiger partial charge in [0.1, 0.15) is 6.10 Å². The summed E-state index contributed by atoms with van der Waals surface area (Å²) in [5.74, 6) is 0. The van der Waals surface area contributed by atoms with Crippen LogP contribution in [0.15, 0.2) is 23.4 Å². The number of benzene rings is 1. The van der Waals surface area contributed by atoms with Crippen molar-refractivity contribution in [3.63, 3.8) is 0 Å². The van der Waals surface area contributed by atoms with Gasteiger partial charge in [-0.15, -0.1) is 11.6 Å². The normalized spacial score (nSPS) is 21.5. The van der Waals surface area contributed by atoms with E-state index in [1.807, 2.05) is 6.92 Å². The van der Waals surface area contributed by atoms with Crippen LogP contribution < -0.4 is 0 Å². The first-order valence-corrected chi connectivity index (χ1v) is 6.10. The minimum absolute atomic E-state index is 0.0949. The summed E-state index contributed by atoms with van der Waals surface area (Å²) in [7, 11) is 0. The third-order valence-electron chi connectivity index (χ3n) is 2.46. The average Bonchev–Trinajstić information content (AvgIpc) is 2.66. The van der Waals surface area contributed by atoms with E-state index < -0.39 is 0 Å². The van der Waals surface area contributed by atoms with Crippen LogP contribution in [0.2, 0.25) is 10.0 Å². The molecule has 2 rings (SSSR count). The minimum atomic E-state index is -0.107. The number of oxime groups is 1. The highest BCUT2D eigenvalue weighted by Crippen LogP contribution is 2.30. The van der Waals surface area contributed by atoms with Crippen LogP contribution in [0, 0.1) is 0 Å². The third kappa shape index (κ3) is 2.29. The summed E-state index contributed by atoms with van der Waals surface area (Å²) in [6, 6.07) is 5.36. The molecular formula is C11H10Cl3NO. The van der Waals surface area contributed by atoms with Crippen molar-refractivity contribution in [2.24, 2.45) is 5.16 Å². The van der Waals surface area contributed by atoms with Crippen LogP contribution in [-0.2, 0) is 4.84 Å². The number of halogens is 3. The van der Waals surface area contributed by atoms with Crippen LogP contribution in [-0.4, -0.2) is 17.2 Å². The second-order valence-corrected chi connectivity index (χ2v) is 5.16. The molecule has 0 amide bonds. The molecule has 0 N–H and O–H groups in total. The van der Waals surface area contributed by atoms with Gasteiger partial charge in [0, 0.05) is 12.0 Å². The molecule has 1 aliphatic heterocycles. The van der Waals surface area contributed by atoms with Crippen molar-refractivity contribution in [2.75, 3.05) is 0 Å². The van der Waals surface area contributed by atoms with Gasteiger partial charge in [-0.2, -0.15) is 0 Å². The van der Waals surface area contributed by atoms with Gasteiger partial charge < -0.3 is 4.84 Å². The fourth-order valence-electron chi connectivity index (χ4n) is 1.56. The molecule has 1 heterocycles. The van der Waals surface area contributed by atoms with Gasteiger partial charge in [-0.05, 0) is 19.1 Å². The van der Waals surface area contributed by atoms with Gasteiger partial charge in [-0.3, -0.25) is 0 Å². The van der Waals surface area contributed by atoms with Crippen molar-refractivity contribution in [3.05, 3.63) is 33.8 Å². The van der Waals surface area contributed by atoms with Crippen molar-refractivity contribution in [1.29, 1.82) is 0 Å². The van der Waals surface area contributed by atoms with Gasteiger partial charge in [0.25, 0.3) is 0 Å². The number of hydrogen-bond acceptors (Lipinski definition) is 2. The first-order valence-electron chi connectivity index (χ1n) is 4.90. The fourth-order valence-corrected chi connectivity index (χ4v) is 2.31. The molecular weight excluding hydrogens is 268 g/mol. The maximum absolute atomic E-state index is 6.08. The molecule has 0 bridgehead atoms. The van der Waals surface area contributed by atoms with Gasteiger partial charge in [-0.25, -0.2) is 0 Å². The summed E-state index contributed by atoms with van der Waals surface area (Å²) < 4.78 is 0. The van der Waals surface area contributed by atoms with E-state index in [9.17, 15) is 0 Å². The minimum Gasteiger partial charge on any atom is -0.390 e. The van der Waals surface area contributed by atoms with E-state index >= 15 is 0 Å². The topological polar surface area (TPSA) is 21.6 Å². The highest BCUT2D eigenvalue weighted by atomic mass is 35.5. The molecule has 2 nitrogen and oxygen atoms in total. The predicted molar refractivity (Wildman–Crippen MR) is 67.8 cm³/mol. The zero-order valence-corrected chi connectivity index (χ0v) is 10.9. The van der Waals surface area contributed by atoms with Gasteiger partial charge in [0.05, 0.1) is 21.1 Å². The average molecular weight is 279 g/mol. The molecule has 86 valence electrons. The molecule has 2 atom stereocenters. The summed E-state index contributed by atoms with van der Waals surface area (Å²) in [6.45, 7) is 1.87. The second kappa shape index (κ2) is 4.82. The van der Waals surface area contributed by atoms with Crippen LogP contribution in [0.4, 0.5) is 0 Å². The lowest BCUT2D eigenvalue weighted by molar-refractivity contribution is 0.0855. The largest absolute Gasteiger partial charge is 0.390 e. The van der Waals surface area contributed by atoms with E-state index in [1.54, 1.807) is 18.2 Å². The Bertz CT molecular complexity index is 411. The molecule has 0 fully saturated rings. The lowest BCUT2D eigenvalue weighted by atomic mass is 10.0. The molecule has 1 aliphatic rings. The number of alkyl halides is 1. The predicted octanol–water partition coefficient (Wildman–Crippen LogP) is 4.11. The summed E-state index contributed by atoms with van der Waals surface area (Å²) in [6.07, 6.45) is 0.526. The number of rotatable bonds is 2. The SMILES string of the molecule is CC(Cl)C1CC(c2c(Cl)cccc2Cl)=NO1. The van der Waals surface area contributed by atoms with Gasteiger partial charge in [0.2, 0.25) is 0 Å². The van der Waals surface area contributed by atoms with Crippen LogP contribution in [0.25, 0.3) is 0 Å². The molecule has 1 aromatic rings. The van der Waals surface area contributed by atoms with Crippen molar-refractivity contribution < 1.29 is 4.84 Å². The molecule has 0 saturated heterocycles. The fraction of sp³-hybridized carbons (Fsp3) is 0.364. The quantitative estimate of drug-likeness (QED) is 0.746. The molecule has 0 aromatic heterocycles. The van der Waals surface area contributed by atoms with Crippen LogP contribution in [0.5, 0.6) is 0 Å². The van der Waals surface area contributed by atoms with E-state index in [4.69, 9.17) is 39.6 Å². The Hall–Kier alpha value is -0.440. The summed E-state index contributed by atoms with van der Waals surface area (Å²) in [5, 5.41) is 5.06. The first-order chi connectivity index (χ1) is 7.59. The number of nitrogens with zero attached hydrogens (tertiary/aromatic N) is 1. The zero-order valence-electron chi connectivity index (χ0n) is 8.58. The number of hydrogen-bond donors (Lipinski definition) is 0. The van der Waals surface area contributed by atoms with Crippen LogP contribution >= 0.6 is 34.8 Å². The van der Waals surface area contributed by atoms with Crippen molar-refractivity contribution in [3.8, 4) is 0 Å². The first kappa shape index (κ1) is 12.0. The Morgan fingerprint density at radius 3 is 2.50 bits per heavy atom. The molecule has 0 saturated carbocycles. The standard InChI is InChI=1S/C11H10Cl3NO/c1-6(12)10-5-9(15-16-10)11-7(13)3-2-4-8(11)14/h2-4,6,10H,5H2,1H3. The maximum atomic E-state index is 6.08. The Balaban J connectivity index is 2.27. The van der Waals surface area contributed by atoms with Gasteiger partial charge in [0.15, 0.2) is 0 Å². The van der Waals surface area contributed by atoms with E-state index in [0.29, 0.717) is 16.5 Å². The lowest BCUT2D eigenvalue weighted by Gasteiger charge is -2.09. The van der Waals surface area contributed by atoms with E-state index in [-0.39, 0.29) is 11.5 Å². The summed E-state index contributed by atoms with van der Waals surface area (Å²) in [4.78, 5) is 5.23. The molecule has 1 aromatic carbocycles. The Kier molecular flexibility index (Phi) is 3.63. The molecule has 16 heavy (non-hydrogen) atoms. The summed E-state index contributed by atoms with van der Waals surface area (Å²) in [5.41, 5.74) is 1.50. The lowest BCUT2D eigenvalue weighted by Crippen LogP contribution is -2.18. The van der Waals surface area contributed by atoms with Crippen molar-refractivity contribution >= 4 is 40.5 Å². The monoisotopic (exact) mass is 277 g/mol. The van der Waals surface area contributed by atoms with Crippen molar-refractivity contribution in [2.45, 2.75) is 24.8 Å². The highest BCUT2D eigenvalue weighted by Gasteiger charge is 2.28. The zero-order chi connectivity index (χ0) is 11.7. The molecule has 2 unspecified atom stereocenters. The van der Waals surface area contributed by atoms with Gasteiger partial charge >= 0.3 is 0 Å². The third-order valence-corrected chi connectivity index (χ3v) is 3.37. The Morgan fingerprint density at radius 2 is 2.00 bits per heavy atom. The molecule has 0 aliphatic carbocycles. The molecule has 0 spiro atoms. The maximum Gasteiger partial charge on any atom is 0.149 e. The van der Waals surface area contributed by atoms with Crippen molar-refractivity contribution in [1.82, 2.24) is 0 Å². The van der Waals surface area contributed by atoms with Crippen LogP contribution in [0.3, 0.4) is 0 Å². The van der Waals surface area contributed by atoms with E-state index in [0.717, 1.165) is 11.3 Å². The van der Waals surface area contributed by atoms with Gasteiger partial charge in [-0.1, -0.05) is 34.4 Å².